The van der Waals surface area contributed by atoms with E-state index in [2.05, 4.69) is 5.32 Å². The number of carbonyl (C=O) groups is 5. The van der Waals surface area contributed by atoms with Crippen LogP contribution in [0.4, 0.5) is 4.79 Å². The number of ether oxygens (including phenoxy) is 6. The summed E-state index contributed by atoms with van der Waals surface area (Å²) in [5.74, 6) is -12.0. The van der Waals surface area contributed by atoms with Crippen LogP contribution in [0.5, 0.6) is 0 Å². The van der Waals surface area contributed by atoms with E-state index in [1.54, 1.807) is 82.3 Å². The quantitative estimate of drug-likeness (QED) is 0.0607. The molecule has 2 aromatic rings. The lowest BCUT2D eigenvalue weighted by Crippen LogP contribution is -2.60. The van der Waals surface area contributed by atoms with E-state index in [9.17, 15) is 64.8 Å². The van der Waals surface area contributed by atoms with Gasteiger partial charge in [0.05, 0.1) is 24.4 Å². The van der Waals surface area contributed by atoms with E-state index in [1.165, 1.54) is 13.8 Å². The highest BCUT2D eigenvalue weighted by atomic mass is 16.7. The Labute approximate surface area is 387 Å². The van der Waals surface area contributed by atoms with Gasteiger partial charge in [0.2, 0.25) is 0 Å². The van der Waals surface area contributed by atoms with E-state index in [4.69, 9.17) is 39.3 Å². The lowest BCUT2D eigenvalue weighted by molar-refractivity contribution is -0.304. The molecule has 2 fully saturated rings. The van der Waals surface area contributed by atoms with E-state index in [0.717, 1.165) is 5.56 Å². The molecule has 22 heteroatoms. The van der Waals surface area contributed by atoms with Crippen LogP contribution < -0.4 is 11.1 Å². The Balaban J connectivity index is 0.000000406. The van der Waals surface area contributed by atoms with Crippen LogP contribution in [0.25, 0.3) is 0 Å². The standard InChI is InChI=1S/C30H39NO11.C15H27NO9/c1-18(2)24(31-29(37)41-16-21-12-8-5-9-13-21)27(35)39-17-23(33)25(34)26-19(3)22(32)14-30(38,42-26)28(36)40-15-20-10-6-4-7-11-20;1-6(2)10(16)13(20)24-5-9(18)11(19)12-7(3)8(17)4-15(23,25-12)14(21)22/h4-13,18-19,22-26,32-34,38H,14-17H2,1-3H3,(H,31,37);6-12,17-19,23H,4-5,16H2,1-3H3,(H,21,22). The largest absolute Gasteiger partial charge is 0.477 e. The number of nitrogens with two attached hydrogens (primary N) is 1. The number of aliphatic carboxylic acids is 1. The Hall–Kier alpha value is -4.85. The molecule has 0 bridgehead atoms. The summed E-state index contributed by atoms with van der Waals surface area (Å²) in [4.78, 5) is 60.5. The Morgan fingerprint density at radius 3 is 1.52 bits per heavy atom. The number of hydrogen-bond donors (Lipinski definition) is 11. The first-order valence-corrected chi connectivity index (χ1v) is 21.7. The van der Waals surface area contributed by atoms with Gasteiger partial charge in [-0.2, -0.15) is 0 Å². The third-order valence-corrected chi connectivity index (χ3v) is 11.4. The fraction of sp³-hybridized carbons (Fsp3) is 0.622. The second kappa shape index (κ2) is 25.5. The van der Waals surface area contributed by atoms with Crippen LogP contribution in [0.15, 0.2) is 60.7 Å². The van der Waals surface area contributed by atoms with Crippen molar-refractivity contribution in [1.82, 2.24) is 5.32 Å². The molecule has 14 atom stereocenters. The van der Waals surface area contributed by atoms with Crippen molar-refractivity contribution in [2.45, 2.75) is 140 Å². The van der Waals surface area contributed by atoms with Crippen molar-refractivity contribution in [3.05, 3.63) is 71.8 Å². The van der Waals surface area contributed by atoms with Crippen LogP contribution in [-0.4, -0.2) is 162 Å². The third kappa shape index (κ3) is 16.1. The van der Waals surface area contributed by atoms with Crippen molar-refractivity contribution >= 4 is 30.0 Å². The highest BCUT2D eigenvalue weighted by Crippen LogP contribution is 2.36. The molecular formula is C45H66N2O20. The Kier molecular flexibility index (Phi) is 21.5. The minimum atomic E-state index is -2.69. The number of carbonyl (C=O) groups excluding carboxylic acids is 4. The zero-order valence-electron chi connectivity index (χ0n) is 38.2. The number of esters is 3. The van der Waals surface area contributed by atoms with Gasteiger partial charge in [0.1, 0.15) is 62.9 Å². The van der Waals surface area contributed by atoms with Gasteiger partial charge in [-0.1, -0.05) is 102 Å². The summed E-state index contributed by atoms with van der Waals surface area (Å²) in [7, 11) is 0. The molecule has 2 saturated heterocycles. The molecule has 0 radical (unpaired) electrons. The number of aliphatic hydroxyl groups is 8. The molecule has 2 aliphatic rings. The minimum absolute atomic E-state index is 0.00495. The smallest absolute Gasteiger partial charge is 0.408 e. The first kappa shape index (κ1) is 56.5. The average molecular weight is 955 g/mol. The summed E-state index contributed by atoms with van der Waals surface area (Å²) in [6.07, 6.45) is -14.2. The summed E-state index contributed by atoms with van der Waals surface area (Å²) in [6.45, 7) is 8.27. The maximum Gasteiger partial charge on any atom is 0.408 e. The van der Waals surface area contributed by atoms with Crippen LogP contribution in [0, 0.1) is 23.7 Å². The Morgan fingerprint density at radius 2 is 1.09 bits per heavy atom. The van der Waals surface area contributed by atoms with Crippen molar-refractivity contribution < 1.29 is 98.4 Å². The Bertz CT molecular complexity index is 1890. The van der Waals surface area contributed by atoms with Crippen molar-refractivity contribution in [2.24, 2.45) is 29.4 Å². The Morgan fingerprint density at radius 1 is 0.672 bits per heavy atom. The minimum Gasteiger partial charge on any atom is -0.477 e. The third-order valence-electron chi connectivity index (χ3n) is 11.4. The predicted molar refractivity (Wildman–Crippen MR) is 230 cm³/mol. The fourth-order valence-corrected chi connectivity index (χ4v) is 6.82. The van der Waals surface area contributed by atoms with E-state index >= 15 is 0 Å². The SMILES string of the molecule is CC(C)C(N)C(=O)OCC(O)C(O)C1OC(O)(C(=O)O)CC(O)C1C.CC(C)C(NC(=O)OCc1ccccc1)C(=O)OCC(O)C(O)C1OC(O)(C(=O)OCc2ccccc2)CC(O)C1C. The topological polar surface area (TPSA) is 361 Å². The van der Waals surface area contributed by atoms with Gasteiger partial charge < -0.3 is 85.4 Å². The van der Waals surface area contributed by atoms with Crippen molar-refractivity contribution in [2.75, 3.05) is 13.2 Å². The maximum atomic E-state index is 12.7. The highest BCUT2D eigenvalue weighted by Gasteiger charge is 2.54. The number of carboxylic acids is 1. The van der Waals surface area contributed by atoms with E-state index < -0.39 is 146 Å². The highest BCUT2D eigenvalue weighted by molar-refractivity contribution is 5.81. The molecule has 0 aliphatic carbocycles. The summed E-state index contributed by atoms with van der Waals surface area (Å²) in [6, 6.07) is 15.7. The lowest BCUT2D eigenvalue weighted by Gasteiger charge is -2.44. The van der Waals surface area contributed by atoms with Gasteiger partial charge in [0.15, 0.2) is 0 Å². The molecule has 12 N–H and O–H groups in total. The van der Waals surface area contributed by atoms with E-state index in [1.807, 2.05) is 6.07 Å². The summed E-state index contributed by atoms with van der Waals surface area (Å²) in [5.41, 5.74) is 7.02. The molecule has 1 amide bonds. The van der Waals surface area contributed by atoms with Gasteiger partial charge in [-0.15, -0.1) is 0 Å². The second-order valence-electron chi connectivity index (χ2n) is 17.4. The van der Waals surface area contributed by atoms with Crippen LogP contribution in [-0.2, 0) is 60.8 Å². The van der Waals surface area contributed by atoms with Crippen LogP contribution >= 0.6 is 0 Å². The molecule has 22 nitrogen and oxygen atoms in total. The van der Waals surface area contributed by atoms with Crippen molar-refractivity contribution in [3.63, 3.8) is 0 Å². The molecule has 0 saturated carbocycles. The number of benzene rings is 2. The molecule has 2 aromatic carbocycles. The van der Waals surface area contributed by atoms with Gasteiger partial charge in [-0.05, 0) is 23.0 Å². The molecule has 14 unspecified atom stereocenters. The number of amides is 1. The summed E-state index contributed by atoms with van der Waals surface area (Å²) in [5, 5.41) is 94.3. The molecule has 2 heterocycles. The zero-order valence-corrected chi connectivity index (χ0v) is 38.2. The van der Waals surface area contributed by atoms with Gasteiger partial charge >= 0.3 is 30.0 Å². The normalized spacial score (nSPS) is 27.7. The van der Waals surface area contributed by atoms with Crippen LogP contribution in [0.3, 0.4) is 0 Å². The first-order valence-electron chi connectivity index (χ1n) is 21.7. The number of aliphatic hydroxyl groups excluding tert-OH is 6. The van der Waals surface area contributed by atoms with Crippen molar-refractivity contribution in [1.29, 1.82) is 0 Å². The van der Waals surface area contributed by atoms with Crippen LogP contribution in [0.1, 0.15) is 65.5 Å². The van der Waals surface area contributed by atoms with Crippen molar-refractivity contribution in [3.8, 4) is 0 Å². The number of hydrogen-bond acceptors (Lipinski definition) is 20. The zero-order chi connectivity index (χ0) is 50.4. The summed E-state index contributed by atoms with van der Waals surface area (Å²) < 4.78 is 30.8. The summed E-state index contributed by atoms with van der Waals surface area (Å²) >= 11 is 0. The molecule has 376 valence electrons. The van der Waals surface area contributed by atoms with Gasteiger partial charge in [0.25, 0.3) is 11.6 Å². The van der Waals surface area contributed by atoms with Gasteiger partial charge in [0, 0.05) is 24.7 Å². The van der Waals surface area contributed by atoms with E-state index in [-0.39, 0.29) is 19.1 Å². The van der Waals surface area contributed by atoms with Gasteiger partial charge in [-0.3, -0.25) is 4.79 Å². The van der Waals surface area contributed by atoms with E-state index in [0.29, 0.717) is 5.56 Å². The predicted octanol–water partition coefficient (Wildman–Crippen LogP) is -0.786. The molecule has 2 aliphatic heterocycles. The maximum absolute atomic E-state index is 12.7. The molecule has 67 heavy (non-hydrogen) atoms. The number of nitrogens with one attached hydrogen (secondary N) is 1. The number of carboxylic acid groups (broad SMARTS) is 1. The number of alkyl carbamates (subject to hydrolysis) is 1. The molecular weight excluding hydrogens is 888 g/mol. The van der Waals surface area contributed by atoms with Crippen LogP contribution in [0.2, 0.25) is 0 Å². The monoisotopic (exact) mass is 954 g/mol. The second-order valence-corrected chi connectivity index (χ2v) is 17.4. The first-order chi connectivity index (χ1) is 31.3. The fourth-order valence-electron chi connectivity index (χ4n) is 6.82. The number of rotatable bonds is 19. The average Bonchev–Trinajstić information content (AvgIpc) is 3.29. The lowest BCUT2D eigenvalue weighted by atomic mass is 9.84. The van der Waals surface area contributed by atoms with Gasteiger partial charge in [-0.25, -0.2) is 19.2 Å². The molecule has 0 spiro atoms. The molecule has 0 aromatic heterocycles. The molecule has 4 rings (SSSR count).